The molecule has 2 heteroatoms. The molecule has 0 spiro atoms. The fourth-order valence-corrected chi connectivity index (χ4v) is 1.50. The van der Waals surface area contributed by atoms with Crippen LogP contribution in [-0.4, -0.2) is 18.5 Å². The van der Waals surface area contributed by atoms with Crippen LogP contribution in [0.5, 0.6) is 0 Å². The maximum atomic E-state index is 5.24. The van der Waals surface area contributed by atoms with Crippen LogP contribution in [0.4, 0.5) is 0 Å². The largest absolute Gasteiger partial charge is 0.381 e. The van der Waals surface area contributed by atoms with E-state index in [-0.39, 0.29) is 0 Å². The van der Waals surface area contributed by atoms with Crippen molar-refractivity contribution in [1.29, 1.82) is 0 Å². The molecule has 0 aromatic carbocycles. The highest BCUT2D eigenvalue weighted by Gasteiger charge is 2.13. The van der Waals surface area contributed by atoms with Gasteiger partial charge in [0, 0.05) is 18.5 Å². The predicted molar refractivity (Wildman–Crippen MR) is 42.0 cm³/mol. The molecule has 1 fully saturated rings. The quantitative estimate of drug-likeness (QED) is 0.624. The topological polar surface area (TPSA) is 9.23 Å². The van der Waals surface area contributed by atoms with Gasteiger partial charge in [-0.3, -0.25) is 0 Å². The van der Waals surface area contributed by atoms with E-state index in [4.69, 9.17) is 4.74 Å². The van der Waals surface area contributed by atoms with Crippen molar-refractivity contribution in [2.45, 2.75) is 19.3 Å². The van der Waals surface area contributed by atoms with Crippen molar-refractivity contribution in [3.63, 3.8) is 0 Å². The van der Waals surface area contributed by atoms with Crippen molar-refractivity contribution < 1.29 is 4.74 Å². The summed E-state index contributed by atoms with van der Waals surface area (Å²) in [7, 11) is 0. The second-order valence-corrected chi connectivity index (χ2v) is 3.35. The van der Waals surface area contributed by atoms with Gasteiger partial charge in [0.2, 0.25) is 0 Å². The third kappa shape index (κ3) is 2.67. The summed E-state index contributed by atoms with van der Waals surface area (Å²) in [4.78, 5) is 0. The van der Waals surface area contributed by atoms with Crippen LogP contribution in [-0.2, 0) is 4.74 Å². The Hall–Kier alpha value is 0.440. The fraction of sp³-hybridized carbons (Fsp3) is 1.00. The number of halogens is 1. The summed E-state index contributed by atoms with van der Waals surface area (Å²) in [6.45, 7) is 2.00. The van der Waals surface area contributed by atoms with Crippen LogP contribution in [0.15, 0.2) is 0 Å². The van der Waals surface area contributed by atoms with Crippen LogP contribution >= 0.6 is 15.9 Å². The van der Waals surface area contributed by atoms with Gasteiger partial charge in [0.05, 0.1) is 0 Å². The molecule has 1 heterocycles. The second-order valence-electron chi connectivity index (χ2n) is 2.56. The maximum Gasteiger partial charge on any atom is 0.0495 e. The lowest BCUT2D eigenvalue weighted by Crippen LogP contribution is -1.98. The molecule has 0 N–H and O–H groups in total. The summed E-state index contributed by atoms with van der Waals surface area (Å²) in [5.74, 6) is 0.863. The van der Waals surface area contributed by atoms with E-state index < -0.39 is 0 Å². The molecule has 1 aliphatic rings. The van der Waals surface area contributed by atoms with Gasteiger partial charge < -0.3 is 4.74 Å². The van der Waals surface area contributed by atoms with E-state index in [1.807, 2.05) is 0 Å². The Labute approximate surface area is 64.9 Å². The molecule has 0 bridgehead atoms. The Morgan fingerprint density at radius 1 is 1.56 bits per heavy atom. The van der Waals surface area contributed by atoms with E-state index in [1.165, 1.54) is 19.3 Å². The lowest BCUT2D eigenvalue weighted by molar-refractivity contribution is 0.184. The summed E-state index contributed by atoms with van der Waals surface area (Å²) < 4.78 is 5.24. The van der Waals surface area contributed by atoms with Gasteiger partial charge in [-0.25, -0.2) is 0 Å². The van der Waals surface area contributed by atoms with Crippen LogP contribution in [0, 0.1) is 5.92 Å². The first-order valence-corrected chi connectivity index (χ1v) is 4.69. The number of hydrogen-bond donors (Lipinski definition) is 0. The van der Waals surface area contributed by atoms with E-state index in [9.17, 15) is 0 Å². The number of hydrogen-bond acceptors (Lipinski definition) is 1. The highest BCUT2D eigenvalue weighted by atomic mass is 79.9. The van der Waals surface area contributed by atoms with Crippen LogP contribution < -0.4 is 0 Å². The Bertz CT molecular complexity index is 69.3. The molecular weight excluding hydrogens is 180 g/mol. The van der Waals surface area contributed by atoms with Crippen LogP contribution in [0.2, 0.25) is 0 Å². The zero-order valence-corrected chi connectivity index (χ0v) is 7.19. The average molecular weight is 193 g/mol. The minimum Gasteiger partial charge on any atom is -0.381 e. The van der Waals surface area contributed by atoms with E-state index in [1.54, 1.807) is 0 Å². The zero-order valence-electron chi connectivity index (χ0n) is 5.61. The molecule has 0 aromatic rings. The molecule has 0 radical (unpaired) electrons. The molecule has 0 unspecified atom stereocenters. The van der Waals surface area contributed by atoms with Crippen LogP contribution in [0.1, 0.15) is 19.3 Å². The van der Waals surface area contributed by atoms with E-state index in [0.29, 0.717) is 0 Å². The Kier molecular flexibility index (Phi) is 3.59. The zero-order chi connectivity index (χ0) is 6.53. The molecule has 1 rings (SSSR count). The highest BCUT2D eigenvalue weighted by molar-refractivity contribution is 9.09. The maximum absolute atomic E-state index is 5.24. The van der Waals surface area contributed by atoms with E-state index in [2.05, 4.69) is 15.9 Å². The molecular formula is C7H13BrO. The minimum atomic E-state index is 0.863. The van der Waals surface area contributed by atoms with Gasteiger partial charge in [0.15, 0.2) is 0 Å². The van der Waals surface area contributed by atoms with Gasteiger partial charge in [0.1, 0.15) is 0 Å². The van der Waals surface area contributed by atoms with Gasteiger partial charge >= 0.3 is 0 Å². The number of rotatable bonds is 3. The summed E-state index contributed by atoms with van der Waals surface area (Å²) >= 11 is 3.42. The summed E-state index contributed by atoms with van der Waals surface area (Å²) in [5, 5.41) is 1.14. The number of ether oxygens (including phenoxy) is 1. The number of alkyl halides is 1. The second kappa shape index (κ2) is 4.29. The lowest BCUT2D eigenvalue weighted by atomic mass is 10.0. The molecule has 1 atom stereocenters. The Morgan fingerprint density at radius 3 is 3.00 bits per heavy atom. The molecule has 0 aromatic heterocycles. The lowest BCUT2D eigenvalue weighted by Gasteiger charge is -2.02. The van der Waals surface area contributed by atoms with Gasteiger partial charge in [-0.15, -0.1) is 0 Å². The third-order valence-corrected chi connectivity index (χ3v) is 2.33. The van der Waals surface area contributed by atoms with Crippen LogP contribution in [0.3, 0.4) is 0 Å². The predicted octanol–water partition coefficient (Wildman–Crippen LogP) is 2.20. The van der Waals surface area contributed by atoms with Crippen molar-refractivity contribution in [2.75, 3.05) is 18.5 Å². The molecule has 0 amide bonds. The molecule has 0 aliphatic carbocycles. The van der Waals surface area contributed by atoms with E-state index >= 15 is 0 Å². The molecule has 1 aliphatic heterocycles. The van der Waals surface area contributed by atoms with Crippen molar-refractivity contribution in [2.24, 2.45) is 5.92 Å². The molecule has 1 saturated heterocycles. The Balaban J connectivity index is 1.98. The normalized spacial score (nSPS) is 27.0. The van der Waals surface area contributed by atoms with Gasteiger partial charge in [-0.1, -0.05) is 15.9 Å². The first-order valence-electron chi connectivity index (χ1n) is 3.57. The molecule has 0 saturated carbocycles. The first-order chi connectivity index (χ1) is 4.43. The van der Waals surface area contributed by atoms with Crippen molar-refractivity contribution >= 4 is 15.9 Å². The van der Waals surface area contributed by atoms with Gasteiger partial charge in [0.25, 0.3) is 0 Å². The van der Waals surface area contributed by atoms with Crippen LogP contribution in [0.25, 0.3) is 0 Å². The van der Waals surface area contributed by atoms with E-state index in [0.717, 1.165) is 24.5 Å². The SMILES string of the molecule is BrCCC[C@H]1CCOC1. The van der Waals surface area contributed by atoms with Crippen molar-refractivity contribution in [1.82, 2.24) is 0 Å². The summed E-state index contributed by atoms with van der Waals surface area (Å²) in [6.07, 6.45) is 3.92. The standard InChI is InChI=1S/C7H13BrO/c8-4-1-2-7-3-5-9-6-7/h7H,1-6H2/t7-/m0/s1. The monoisotopic (exact) mass is 192 g/mol. The first kappa shape index (κ1) is 7.55. The van der Waals surface area contributed by atoms with Crippen molar-refractivity contribution in [3.05, 3.63) is 0 Å². The fourth-order valence-electron chi connectivity index (χ4n) is 1.18. The van der Waals surface area contributed by atoms with Gasteiger partial charge in [-0.05, 0) is 25.2 Å². The summed E-state index contributed by atoms with van der Waals surface area (Å²) in [5.41, 5.74) is 0. The van der Waals surface area contributed by atoms with Gasteiger partial charge in [-0.2, -0.15) is 0 Å². The average Bonchev–Trinajstić information content (AvgIpc) is 2.34. The minimum absolute atomic E-state index is 0.863. The third-order valence-electron chi connectivity index (χ3n) is 1.77. The van der Waals surface area contributed by atoms with Crippen molar-refractivity contribution in [3.8, 4) is 0 Å². The molecule has 9 heavy (non-hydrogen) atoms. The summed E-state index contributed by atoms with van der Waals surface area (Å²) in [6, 6.07) is 0. The Morgan fingerprint density at radius 2 is 2.44 bits per heavy atom. The highest BCUT2D eigenvalue weighted by Crippen LogP contribution is 2.17. The molecule has 54 valence electrons. The smallest absolute Gasteiger partial charge is 0.0495 e. The molecule has 1 nitrogen and oxygen atoms in total.